The molecule has 0 atom stereocenters. The second-order valence-corrected chi connectivity index (χ2v) is 10.4. The van der Waals surface area contributed by atoms with Crippen molar-refractivity contribution in [2.24, 2.45) is 0 Å². The number of ether oxygens (including phenoxy) is 1. The predicted octanol–water partition coefficient (Wildman–Crippen LogP) is 2.86. The summed E-state index contributed by atoms with van der Waals surface area (Å²) in [6.45, 7) is 6.81. The summed E-state index contributed by atoms with van der Waals surface area (Å²) < 4.78 is 31.4. The molecule has 0 saturated carbocycles. The van der Waals surface area contributed by atoms with E-state index in [1.54, 1.807) is 11.4 Å². The van der Waals surface area contributed by atoms with E-state index in [2.05, 4.69) is 26.1 Å². The van der Waals surface area contributed by atoms with E-state index in [1.165, 1.54) is 18.7 Å². The van der Waals surface area contributed by atoms with E-state index in [-0.39, 0.29) is 22.1 Å². The van der Waals surface area contributed by atoms with Gasteiger partial charge in [-0.05, 0) is 34.6 Å². The third kappa shape index (κ3) is 6.05. The highest BCUT2D eigenvalue weighted by Crippen LogP contribution is 2.24. The zero-order valence-corrected chi connectivity index (χ0v) is 17.7. The van der Waals surface area contributed by atoms with E-state index in [1.807, 2.05) is 24.3 Å². The Morgan fingerprint density at radius 3 is 2.41 bits per heavy atom. The van der Waals surface area contributed by atoms with Crippen molar-refractivity contribution in [2.45, 2.75) is 30.4 Å². The Hall–Kier alpha value is -1.90. The fourth-order valence-corrected chi connectivity index (χ4v) is 4.65. The largest absolute Gasteiger partial charge is 0.492 e. The number of nitrogens with zero attached hydrogens (tertiary/aromatic N) is 1. The van der Waals surface area contributed by atoms with Gasteiger partial charge in [0.1, 0.15) is 16.6 Å². The number of hydrogen-bond acceptors (Lipinski definition) is 5. The van der Waals surface area contributed by atoms with Crippen molar-refractivity contribution in [3.63, 3.8) is 0 Å². The molecule has 1 N–H and O–H groups in total. The zero-order chi connectivity index (χ0) is 20.1. The smallest absolute Gasteiger partial charge is 0.252 e. The maximum atomic E-state index is 12.3. The molecule has 0 fully saturated rings. The Balaban J connectivity index is 1.75. The quantitative estimate of drug-likeness (QED) is 0.679. The number of carbonyl (C=O) groups excluding carboxylic acids is 1. The van der Waals surface area contributed by atoms with Crippen molar-refractivity contribution in [3.8, 4) is 5.75 Å². The number of hydrogen-bond donors (Lipinski definition) is 1. The van der Waals surface area contributed by atoms with Crippen LogP contribution in [0.2, 0.25) is 0 Å². The minimum atomic E-state index is -3.62. The lowest BCUT2D eigenvalue weighted by atomic mass is 9.87. The molecule has 0 radical (unpaired) electrons. The van der Waals surface area contributed by atoms with Crippen molar-refractivity contribution >= 4 is 27.3 Å². The molecule has 6 nitrogen and oxygen atoms in total. The highest BCUT2D eigenvalue weighted by Gasteiger charge is 2.23. The summed E-state index contributed by atoms with van der Waals surface area (Å²) in [6, 6.07) is 11.0. The number of thiophene rings is 1. The van der Waals surface area contributed by atoms with Gasteiger partial charge in [0.05, 0.1) is 13.1 Å². The average Bonchev–Trinajstić information content (AvgIpc) is 3.13. The predicted molar refractivity (Wildman–Crippen MR) is 108 cm³/mol. The van der Waals surface area contributed by atoms with E-state index in [0.717, 1.165) is 21.4 Å². The normalized spacial score (nSPS) is 12.2. The summed E-state index contributed by atoms with van der Waals surface area (Å²) in [4.78, 5) is 12.0. The molecule has 1 amide bonds. The molecule has 1 aromatic heterocycles. The molecule has 148 valence electrons. The van der Waals surface area contributed by atoms with Crippen LogP contribution < -0.4 is 10.1 Å². The van der Waals surface area contributed by atoms with Crippen molar-refractivity contribution in [1.29, 1.82) is 0 Å². The van der Waals surface area contributed by atoms with Gasteiger partial charge in [0.15, 0.2) is 0 Å². The minimum absolute atomic E-state index is 0.0853. The summed E-state index contributed by atoms with van der Waals surface area (Å²) >= 11 is 1.13. The summed E-state index contributed by atoms with van der Waals surface area (Å²) in [5.41, 5.74) is 1.31. The highest BCUT2D eigenvalue weighted by molar-refractivity contribution is 7.91. The van der Waals surface area contributed by atoms with Gasteiger partial charge >= 0.3 is 0 Å². The average molecular weight is 411 g/mol. The zero-order valence-electron chi connectivity index (χ0n) is 16.1. The van der Waals surface area contributed by atoms with E-state index in [4.69, 9.17) is 4.74 Å². The molecule has 0 aliphatic rings. The van der Waals surface area contributed by atoms with Crippen molar-refractivity contribution < 1.29 is 17.9 Å². The molecule has 0 aliphatic heterocycles. The van der Waals surface area contributed by atoms with Crippen LogP contribution in [0.1, 0.15) is 26.3 Å². The third-order valence-corrected chi connectivity index (χ3v) is 7.12. The van der Waals surface area contributed by atoms with Gasteiger partial charge < -0.3 is 10.1 Å². The van der Waals surface area contributed by atoms with Gasteiger partial charge in [-0.25, -0.2) is 8.42 Å². The molecule has 2 aromatic rings. The molecular weight excluding hydrogens is 384 g/mol. The van der Waals surface area contributed by atoms with Crippen LogP contribution in [0.3, 0.4) is 0 Å². The van der Waals surface area contributed by atoms with E-state index in [9.17, 15) is 13.2 Å². The molecule has 8 heteroatoms. The molecule has 1 aromatic carbocycles. The Kier molecular flexibility index (Phi) is 7.02. The first-order valence-electron chi connectivity index (χ1n) is 8.60. The monoisotopic (exact) mass is 410 g/mol. The Bertz CT molecular complexity index is 839. The van der Waals surface area contributed by atoms with E-state index >= 15 is 0 Å². The molecule has 0 spiro atoms. The van der Waals surface area contributed by atoms with Gasteiger partial charge in [-0.3, -0.25) is 4.79 Å². The second kappa shape index (κ2) is 8.86. The van der Waals surface area contributed by atoms with Crippen LogP contribution in [-0.2, 0) is 20.2 Å². The first kappa shape index (κ1) is 21.4. The van der Waals surface area contributed by atoms with Gasteiger partial charge in [-0.2, -0.15) is 4.31 Å². The standard InChI is InChI=1S/C19H26N2O4S2/c1-19(2,3)15-7-9-16(10-8-15)25-12-11-20-17(22)14-21(4)27(23,24)18-6-5-13-26-18/h5-10,13H,11-12,14H2,1-4H3,(H,20,22). The lowest BCUT2D eigenvalue weighted by Gasteiger charge is -2.19. The Labute approximate surface area is 165 Å². The topological polar surface area (TPSA) is 75.7 Å². The van der Waals surface area contributed by atoms with Crippen LogP contribution in [0.4, 0.5) is 0 Å². The molecule has 0 aliphatic carbocycles. The Morgan fingerprint density at radius 1 is 1.19 bits per heavy atom. The van der Waals surface area contributed by atoms with Crippen LogP contribution in [0.25, 0.3) is 0 Å². The first-order chi connectivity index (χ1) is 12.6. The summed E-state index contributed by atoms with van der Waals surface area (Å²) in [5.74, 6) is 0.360. The van der Waals surface area contributed by atoms with Gasteiger partial charge in [-0.1, -0.05) is 39.0 Å². The van der Waals surface area contributed by atoms with Crippen LogP contribution in [-0.4, -0.2) is 45.4 Å². The summed E-state index contributed by atoms with van der Waals surface area (Å²) in [6.07, 6.45) is 0. The molecule has 1 heterocycles. The molecule has 0 bridgehead atoms. The van der Waals surface area contributed by atoms with Crippen LogP contribution in [0.15, 0.2) is 46.0 Å². The Morgan fingerprint density at radius 2 is 1.85 bits per heavy atom. The second-order valence-electron chi connectivity index (χ2n) is 7.17. The van der Waals surface area contributed by atoms with Crippen LogP contribution >= 0.6 is 11.3 Å². The molecular formula is C19H26N2O4S2. The fourth-order valence-electron chi connectivity index (χ4n) is 2.32. The molecule has 2 rings (SSSR count). The highest BCUT2D eigenvalue weighted by atomic mass is 32.2. The summed E-state index contributed by atoms with van der Waals surface area (Å²) in [7, 11) is -2.23. The van der Waals surface area contributed by atoms with Crippen molar-refractivity contribution in [3.05, 3.63) is 47.3 Å². The van der Waals surface area contributed by atoms with Crippen molar-refractivity contribution in [2.75, 3.05) is 26.7 Å². The third-order valence-electron chi connectivity index (χ3n) is 3.94. The minimum Gasteiger partial charge on any atom is -0.492 e. The number of sulfonamides is 1. The molecule has 0 saturated heterocycles. The summed E-state index contributed by atoms with van der Waals surface area (Å²) in [5, 5.41) is 4.36. The number of carbonyl (C=O) groups is 1. The van der Waals surface area contributed by atoms with Gasteiger partial charge in [-0.15, -0.1) is 11.3 Å². The SMILES string of the molecule is CN(CC(=O)NCCOc1ccc(C(C)(C)C)cc1)S(=O)(=O)c1cccs1. The van der Waals surface area contributed by atoms with Gasteiger partial charge in [0.25, 0.3) is 10.0 Å². The lowest BCUT2D eigenvalue weighted by molar-refractivity contribution is -0.121. The number of benzene rings is 1. The number of amides is 1. The fraction of sp³-hybridized carbons (Fsp3) is 0.421. The first-order valence-corrected chi connectivity index (χ1v) is 10.9. The molecule has 0 unspecified atom stereocenters. The van der Waals surface area contributed by atoms with E-state index < -0.39 is 10.0 Å². The maximum absolute atomic E-state index is 12.3. The number of rotatable bonds is 8. The van der Waals surface area contributed by atoms with Crippen molar-refractivity contribution in [1.82, 2.24) is 9.62 Å². The maximum Gasteiger partial charge on any atom is 0.252 e. The van der Waals surface area contributed by atoms with Gasteiger partial charge in [0.2, 0.25) is 5.91 Å². The van der Waals surface area contributed by atoms with Crippen LogP contribution in [0.5, 0.6) is 5.75 Å². The lowest BCUT2D eigenvalue weighted by Crippen LogP contribution is -2.39. The number of nitrogens with one attached hydrogen (secondary N) is 1. The number of likely N-dealkylation sites (N-methyl/N-ethyl adjacent to an activating group) is 1. The van der Waals surface area contributed by atoms with E-state index in [0.29, 0.717) is 13.2 Å². The van der Waals surface area contributed by atoms with Crippen LogP contribution in [0, 0.1) is 0 Å². The molecule has 27 heavy (non-hydrogen) atoms. The van der Waals surface area contributed by atoms with Gasteiger partial charge in [0, 0.05) is 7.05 Å².